The third kappa shape index (κ3) is 3.77. The molecule has 0 aliphatic rings. The smallest absolute Gasteiger partial charge is 0.416 e. The summed E-state index contributed by atoms with van der Waals surface area (Å²) in [7, 11) is 0. The summed E-state index contributed by atoms with van der Waals surface area (Å²) < 4.78 is 44.0. The predicted molar refractivity (Wildman–Crippen MR) is 86.5 cm³/mol. The van der Waals surface area contributed by atoms with Crippen molar-refractivity contribution >= 4 is 0 Å². The summed E-state index contributed by atoms with van der Waals surface area (Å²) in [4.78, 5) is 0. The molecule has 0 aliphatic heterocycles. The molecule has 0 spiro atoms. The molecular weight excluding hydrogens is 313 g/mol. The average molecular weight is 327 g/mol. The van der Waals surface area contributed by atoms with E-state index >= 15 is 0 Å². The quantitative estimate of drug-likeness (QED) is 0.593. The maximum absolute atomic E-state index is 12.8. The van der Waals surface area contributed by atoms with Crippen LogP contribution >= 0.6 is 0 Å². The molecule has 0 aliphatic carbocycles. The average Bonchev–Trinajstić information content (AvgIpc) is 2.60. The van der Waals surface area contributed by atoms with Crippen molar-refractivity contribution in [3.8, 4) is 16.9 Å². The molecule has 0 saturated carbocycles. The lowest BCUT2D eigenvalue weighted by Gasteiger charge is -2.12. The van der Waals surface area contributed by atoms with Crippen molar-refractivity contribution in [2.75, 3.05) is 0 Å². The van der Waals surface area contributed by atoms with Gasteiger partial charge < -0.3 is 4.74 Å². The fraction of sp³-hybridized carbons (Fsp3) is 0.100. The van der Waals surface area contributed by atoms with Gasteiger partial charge in [0.05, 0.1) is 5.56 Å². The summed E-state index contributed by atoms with van der Waals surface area (Å²) >= 11 is 0. The lowest BCUT2D eigenvalue weighted by Crippen LogP contribution is -2.06. The van der Waals surface area contributed by atoms with Crippen LogP contribution in [0.3, 0.4) is 0 Å². The first kappa shape index (κ1) is 16.1. The number of para-hydroxylation sites is 1. The molecule has 1 radical (unpaired) electrons. The van der Waals surface area contributed by atoms with E-state index in [9.17, 15) is 13.2 Å². The second-order valence-corrected chi connectivity index (χ2v) is 5.27. The first-order valence-corrected chi connectivity index (χ1v) is 7.39. The minimum absolute atomic E-state index is 0.0459. The van der Waals surface area contributed by atoms with Gasteiger partial charge in [-0.15, -0.1) is 0 Å². The van der Waals surface area contributed by atoms with Crippen molar-refractivity contribution in [2.45, 2.75) is 12.8 Å². The Balaban J connectivity index is 1.81. The van der Waals surface area contributed by atoms with Crippen LogP contribution in [0.25, 0.3) is 11.1 Å². The lowest BCUT2D eigenvalue weighted by molar-refractivity contribution is -0.137. The highest BCUT2D eigenvalue weighted by atomic mass is 19.4. The van der Waals surface area contributed by atoms with Crippen LogP contribution in [-0.2, 0) is 12.8 Å². The highest BCUT2D eigenvalue weighted by Gasteiger charge is 2.30. The molecule has 3 rings (SSSR count). The van der Waals surface area contributed by atoms with Gasteiger partial charge in [-0.2, -0.15) is 13.2 Å². The third-order valence-corrected chi connectivity index (χ3v) is 3.54. The van der Waals surface area contributed by atoms with Gasteiger partial charge in [-0.3, -0.25) is 0 Å². The van der Waals surface area contributed by atoms with Crippen LogP contribution in [0.1, 0.15) is 11.1 Å². The summed E-state index contributed by atoms with van der Waals surface area (Å²) in [5.74, 6) is 0.515. The maximum Gasteiger partial charge on any atom is 0.416 e. The van der Waals surface area contributed by atoms with E-state index in [0.717, 1.165) is 23.3 Å². The molecule has 0 fully saturated rings. The van der Waals surface area contributed by atoms with Crippen LogP contribution < -0.4 is 4.74 Å². The van der Waals surface area contributed by atoms with Gasteiger partial charge in [0, 0.05) is 11.6 Å². The van der Waals surface area contributed by atoms with E-state index in [1.54, 1.807) is 12.1 Å². The van der Waals surface area contributed by atoms with Crippen LogP contribution in [0.5, 0.6) is 5.75 Å². The van der Waals surface area contributed by atoms with Crippen molar-refractivity contribution in [3.63, 3.8) is 0 Å². The fourth-order valence-electron chi connectivity index (χ4n) is 2.38. The highest BCUT2D eigenvalue weighted by Crippen LogP contribution is 2.31. The van der Waals surface area contributed by atoms with Crippen molar-refractivity contribution in [3.05, 3.63) is 90.0 Å². The van der Waals surface area contributed by atoms with Crippen LogP contribution in [-0.4, -0.2) is 0 Å². The van der Waals surface area contributed by atoms with E-state index in [1.807, 2.05) is 42.5 Å². The zero-order chi connectivity index (χ0) is 17.0. The summed E-state index contributed by atoms with van der Waals surface area (Å²) in [6.07, 6.45) is -4.36. The fourth-order valence-corrected chi connectivity index (χ4v) is 2.38. The molecule has 3 aromatic rings. The molecule has 0 heterocycles. The van der Waals surface area contributed by atoms with Crippen molar-refractivity contribution in [1.29, 1.82) is 0 Å². The molecule has 0 aromatic heterocycles. The van der Waals surface area contributed by atoms with Gasteiger partial charge in [0.25, 0.3) is 0 Å². The third-order valence-electron chi connectivity index (χ3n) is 3.54. The van der Waals surface area contributed by atoms with Gasteiger partial charge in [0.2, 0.25) is 0 Å². The Bertz CT molecular complexity index is 810. The Labute approximate surface area is 138 Å². The maximum atomic E-state index is 12.8. The molecular formula is C20H14F3O. The van der Waals surface area contributed by atoms with E-state index in [2.05, 4.69) is 6.07 Å². The number of hydrogen-bond acceptors (Lipinski definition) is 1. The van der Waals surface area contributed by atoms with Gasteiger partial charge in [-0.25, -0.2) is 0 Å². The van der Waals surface area contributed by atoms with E-state index in [1.165, 1.54) is 6.07 Å². The Morgan fingerprint density at radius 2 is 1.67 bits per heavy atom. The molecule has 0 unspecified atom stereocenters. The second-order valence-electron chi connectivity index (χ2n) is 5.27. The molecule has 0 N–H and O–H groups in total. The molecule has 3 aromatic carbocycles. The summed E-state index contributed by atoms with van der Waals surface area (Å²) in [5, 5.41) is 0. The van der Waals surface area contributed by atoms with Crippen LogP contribution in [0, 0.1) is 6.07 Å². The van der Waals surface area contributed by atoms with Gasteiger partial charge in [0.1, 0.15) is 12.4 Å². The Morgan fingerprint density at radius 1 is 0.875 bits per heavy atom. The number of ether oxygens (including phenoxy) is 1. The molecule has 0 bridgehead atoms. The van der Waals surface area contributed by atoms with Crippen molar-refractivity contribution in [1.82, 2.24) is 0 Å². The van der Waals surface area contributed by atoms with Crippen LogP contribution in [0.4, 0.5) is 13.2 Å². The van der Waals surface area contributed by atoms with Crippen LogP contribution in [0.15, 0.2) is 72.8 Å². The van der Waals surface area contributed by atoms with E-state index in [4.69, 9.17) is 4.74 Å². The second kappa shape index (κ2) is 6.79. The largest absolute Gasteiger partial charge is 0.488 e. The number of rotatable bonds is 4. The zero-order valence-corrected chi connectivity index (χ0v) is 12.7. The SMILES string of the molecule is FC(F)(F)c1cccc(COc2[c]cccc2-c2ccccc2)c1. The summed E-state index contributed by atoms with van der Waals surface area (Å²) in [6, 6.07) is 23.2. The van der Waals surface area contributed by atoms with E-state index in [-0.39, 0.29) is 6.61 Å². The Morgan fingerprint density at radius 3 is 2.42 bits per heavy atom. The Hall–Kier alpha value is -2.75. The van der Waals surface area contributed by atoms with Gasteiger partial charge in [-0.1, -0.05) is 60.7 Å². The van der Waals surface area contributed by atoms with Gasteiger partial charge in [0.15, 0.2) is 0 Å². The first-order chi connectivity index (χ1) is 11.5. The molecule has 0 atom stereocenters. The lowest BCUT2D eigenvalue weighted by atomic mass is 10.0. The monoisotopic (exact) mass is 327 g/mol. The number of halogens is 3. The molecule has 1 nitrogen and oxygen atoms in total. The number of alkyl halides is 3. The first-order valence-electron chi connectivity index (χ1n) is 7.39. The van der Waals surface area contributed by atoms with Crippen molar-refractivity contribution in [2.24, 2.45) is 0 Å². The predicted octanol–water partition coefficient (Wildman–Crippen LogP) is 5.75. The van der Waals surface area contributed by atoms with E-state index < -0.39 is 11.7 Å². The normalized spacial score (nSPS) is 11.3. The zero-order valence-electron chi connectivity index (χ0n) is 12.7. The summed E-state index contributed by atoms with van der Waals surface area (Å²) in [6.45, 7) is 0.0459. The van der Waals surface area contributed by atoms with Crippen molar-refractivity contribution < 1.29 is 17.9 Å². The van der Waals surface area contributed by atoms with Crippen LogP contribution in [0.2, 0.25) is 0 Å². The highest BCUT2D eigenvalue weighted by molar-refractivity contribution is 5.69. The molecule has 121 valence electrons. The molecule has 4 heteroatoms. The molecule has 0 amide bonds. The molecule has 24 heavy (non-hydrogen) atoms. The minimum Gasteiger partial charge on any atom is -0.488 e. The number of benzene rings is 3. The number of hydrogen-bond donors (Lipinski definition) is 0. The minimum atomic E-state index is -4.36. The Kier molecular flexibility index (Phi) is 4.56. The van der Waals surface area contributed by atoms with Gasteiger partial charge in [-0.05, 0) is 23.3 Å². The topological polar surface area (TPSA) is 9.23 Å². The standard InChI is InChI=1S/C20H14F3O/c21-20(22,23)17-10-6-7-15(13-17)14-24-19-12-5-4-11-18(19)16-8-2-1-3-9-16/h1-11,13H,14H2. The van der Waals surface area contributed by atoms with Gasteiger partial charge >= 0.3 is 6.18 Å². The molecule has 0 saturated heterocycles. The summed E-state index contributed by atoms with van der Waals surface area (Å²) in [5.41, 5.74) is 1.60. The van der Waals surface area contributed by atoms with E-state index in [0.29, 0.717) is 11.3 Å².